The van der Waals surface area contributed by atoms with E-state index in [0.29, 0.717) is 24.0 Å². The van der Waals surface area contributed by atoms with Crippen molar-refractivity contribution in [2.45, 2.75) is 17.7 Å². The summed E-state index contributed by atoms with van der Waals surface area (Å²) in [6, 6.07) is 13.6. The monoisotopic (exact) mass is 376 g/mol. The fourth-order valence-electron chi connectivity index (χ4n) is 2.88. The van der Waals surface area contributed by atoms with Crippen LogP contribution in [0.5, 0.6) is 17.2 Å². The molecule has 1 aliphatic rings. The molecule has 0 saturated carbocycles. The van der Waals surface area contributed by atoms with E-state index in [9.17, 15) is 8.42 Å². The molecule has 0 radical (unpaired) electrons. The fourth-order valence-corrected chi connectivity index (χ4v) is 3.99. The summed E-state index contributed by atoms with van der Waals surface area (Å²) in [6.07, 6.45) is 2.13. The first-order chi connectivity index (χ1) is 12.6. The highest BCUT2D eigenvalue weighted by Crippen LogP contribution is 2.25. The molecule has 0 amide bonds. The molecule has 26 heavy (non-hydrogen) atoms. The van der Waals surface area contributed by atoms with Gasteiger partial charge < -0.3 is 14.8 Å². The Labute approximate surface area is 154 Å². The van der Waals surface area contributed by atoms with Gasteiger partial charge in [0.1, 0.15) is 17.2 Å². The number of nitrogens with one attached hydrogen (secondary N) is 2. The van der Waals surface area contributed by atoms with Crippen LogP contribution in [-0.4, -0.2) is 35.2 Å². The fraction of sp³-hybridized carbons (Fsp3) is 0.368. The molecule has 2 N–H and O–H groups in total. The molecule has 140 valence electrons. The second kappa shape index (κ2) is 8.53. The summed E-state index contributed by atoms with van der Waals surface area (Å²) in [4.78, 5) is 0.239. The topological polar surface area (TPSA) is 76.7 Å². The van der Waals surface area contributed by atoms with Crippen LogP contribution in [0.4, 0.5) is 0 Å². The highest BCUT2D eigenvalue weighted by molar-refractivity contribution is 7.89. The van der Waals surface area contributed by atoms with Gasteiger partial charge in [0, 0.05) is 6.54 Å². The lowest BCUT2D eigenvalue weighted by atomic mass is 10.0. The number of piperidine rings is 1. The molecule has 1 unspecified atom stereocenters. The van der Waals surface area contributed by atoms with Crippen molar-refractivity contribution in [1.29, 1.82) is 0 Å². The van der Waals surface area contributed by atoms with Crippen molar-refractivity contribution in [3.63, 3.8) is 0 Å². The molecule has 1 heterocycles. The zero-order valence-electron chi connectivity index (χ0n) is 14.8. The number of methoxy groups -OCH3 is 1. The minimum absolute atomic E-state index is 0.239. The van der Waals surface area contributed by atoms with Crippen LogP contribution in [0, 0.1) is 5.92 Å². The van der Waals surface area contributed by atoms with E-state index < -0.39 is 10.0 Å². The van der Waals surface area contributed by atoms with Gasteiger partial charge in [0.15, 0.2) is 0 Å². The van der Waals surface area contributed by atoms with Crippen molar-refractivity contribution < 1.29 is 17.9 Å². The molecule has 0 spiro atoms. The van der Waals surface area contributed by atoms with Crippen molar-refractivity contribution in [2.75, 3.05) is 26.7 Å². The third-order valence-corrected chi connectivity index (χ3v) is 5.83. The van der Waals surface area contributed by atoms with Crippen molar-refractivity contribution in [1.82, 2.24) is 10.0 Å². The molecule has 0 bridgehead atoms. The van der Waals surface area contributed by atoms with Crippen LogP contribution >= 0.6 is 0 Å². The number of benzene rings is 2. The summed E-state index contributed by atoms with van der Waals surface area (Å²) < 4.78 is 38.4. The lowest BCUT2D eigenvalue weighted by Gasteiger charge is -2.22. The molecular formula is C19H24N2O4S. The van der Waals surface area contributed by atoms with Gasteiger partial charge in [0.05, 0.1) is 12.0 Å². The molecule has 6 nitrogen and oxygen atoms in total. The molecule has 1 saturated heterocycles. The molecule has 0 aromatic heterocycles. The predicted octanol–water partition coefficient (Wildman–Crippen LogP) is 2.77. The van der Waals surface area contributed by atoms with Crippen molar-refractivity contribution in [3.8, 4) is 17.2 Å². The average molecular weight is 376 g/mol. The number of sulfonamides is 1. The number of hydrogen-bond donors (Lipinski definition) is 2. The molecule has 3 rings (SSSR count). The standard InChI is InChI=1S/C19H24N2O4S/c1-24-16-4-6-17(7-5-16)25-18-8-10-19(11-9-18)26(22,23)21-14-15-3-2-12-20-13-15/h4-11,15,20-21H,2-3,12-14H2,1H3. The van der Waals surface area contributed by atoms with E-state index in [1.54, 1.807) is 55.6 Å². The lowest BCUT2D eigenvalue weighted by Crippen LogP contribution is -2.38. The van der Waals surface area contributed by atoms with Gasteiger partial charge in [0.25, 0.3) is 0 Å². The van der Waals surface area contributed by atoms with Crippen molar-refractivity contribution >= 4 is 10.0 Å². The van der Waals surface area contributed by atoms with Gasteiger partial charge in [0.2, 0.25) is 10.0 Å². The number of hydrogen-bond acceptors (Lipinski definition) is 5. The highest BCUT2D eigenvalue weighted by atomic mass is 32.2. The van der Waals surface area contributed by atoms with Gasteiger partial charge in [-0.3, -0.25) is 0 Å². The van der Waals surface area contributed by atoms with Gasteiger partial charge >= 0.3 is 0 Å². The summed E-state index contributed by atoms with van der Waals surface area (Å²) in [5.41, 5.74) is 0. The maximum atomic E-state index is 12.4. The Morgan fingerprint density at radius 1 is 1.04 bits per heavy atom. The normalized spacial score (nSPS) is 17.7. The molecule has 0 aliphatic carbocycles. The van der Waals surface area contributed by atoms with Crippen LogP contribution in [0.15, 0.2) is 53.4 Å². The largest absolute Gasteiger partial charge is 0.497 e. The summed E-state index contributed by atoms with van der Waals surface area (Å²) in [5.74, 6) is 2.32. The smallest absolute Gasteiger partial charge is 0.240 e. The minimum Gasteiger partial charge on any atom is -0.497 e. The third kappa shape index (κ3) is 4.97. The molecule has 1 atom stereocenters. The molecule has 2 aromatic carbocycles. The molecular weight excluding hydrogens is 352 g/mol. The Morgan fingerprint density at radius 2 is 1.65 bits per heavy atom. The SMILES string of the molecule is COc1ccc(Oc2ccc(S(=O)(=O)NCC3CCCNC3)cc2)cc1. The van der Waals surface area contributed by atoms with E-state index in [4.69, 9.17) is 9.47 Å². The number of rotatable bonds is 7. The summed E-state index contributed by atoms with van der Waals surface area (Å²) in [5, 5.41) is 3.29. The molecule has 2 aromatic rings. The third-order valence-electron chi connectivity index (χ3n) is 4.39. The van der Waals surface area contributed by atoms with Crippen LogP contribution in [-0.2, 0) is 10.0 Å². The second-order valence-corrected chi connectivity index (χ2v) is 8.08. The summed E-state index contributed by atoms with van der Waals surface area (Å²) in [7, 11) is -1.90. The Kier molecular flexibility index (Phi) is 6.13. The first-order valence-electron chi connectivity index (χ1n) is 8.69. The average Bonchev–Trinajstić information content (AvgIpc) is 2.68. The van der Waals surface area contributed by atoms with Gasteiger partial charge in [-0.05, 0) is 80.4 Å². The highest BCUT2D eigenvalue weighted by Gasteiger charge is 2.18. The molecule has 1 aliphatic heterocycles. The van der Waals surface area contributed by atoms with Crippen LogP contribution in [0.2, 0.25) is 0 Å². The van der Waals surface area contributed by atoms with Gasteiger partial charge in [-0.2, -0.15) is 0 Å². The second-order valence-electron chi connectivity index (χ2n) is 6.31. The Balaban J connectivity index is 1.60. The van der Waals surface area contributed by atoms with E-state index in [2.05, 4.69) is 10.0 Å². The first kappa shape index (κ1) is 18.7. The Bertz CT molecular complexity index is 798. The maximum absolute atomic E-state index is 12.4. The van der Waals surface area contributed by atoms with Gasteiger partial charge in [-0.15, -0.1) is 0 Å². The Hall–Kier alpha value is -2.09. The van der Waals surface area contributed by atoms with E-state index >= 15 is 0 Å². The van der Waals surface area contributed by atoms with Gasteiger partial charge in [-0.25, -0.2) is 13.1 Å². The predicted molar refractivity (Wildman–Crippen MR) is 100 cm³/mol. The molecule has 7 heteroatoms. The van der Waals surface area contributed by atoms with Crippen LogP contribution < -0.4 is 19.5 Å². The Morgan fingerprint density at radius 3 is 2.23 bits per heavy atom. The van der Waals surface area contributed by atoms with Crippen LogP contribution in [0.3, 0.4) is 0 Å². The van der Waals surface area contributed by atoms with E-state index in [-0.39, 0.29) is 4.90 Å². The van der Waals surface area contributed by atoms with Crippen molar-refractivity contribution in [3.05, 3.63) is 48.5 Å². The van der Waals surface area contributed by atoms with E-state index in [1.807, 2.05) is 0 Å². The maximum Gasteiger partial charge on any atom is 0.240 e. The molecule has 1 fully saturated rings. The zero-order valence-corrected chi connectivity index (χ0v) is 15.6. The zero-order chi connectivity index (χ0) is 18.4. The number of ether oxygens (including phenoxy) is 2. The van der Waals surface area contributed by atoms with Gasteiger partial charge in [-0.1, -0.05) is 0 Å². The van der Waals surface area contributed by atoms with Crippen LogP contribution in [0.25, 0.3) is 0 Å². The van der Waals surface area contributed by atoms with Crippen LogP contribution in [0.1, 0.15) is 12.8 Å². The minimum atomic E-state index is -3.51. The lowest BCUT2D eigenvalue weighted by molar-refractivity contribution is 0.376. The quantitative estimate of drug-likeness (QED) is 0.777. The van der Waals surface area contributed by atoms with Crippen molar-refractivity contribution in [2.24, 2.45) is 5.92 Å². The summed E-state index contributed by atoms with van der Waals surface area (Å²) >= 11 is 0. The van der Waals surface area contributed by atoms with E-state index in [1.165, 1.54) is 0 Å². The summed E-state index contributed by atoms with van der Waals surface area (Å²) in [6.45, 7) is 2.33. The first-order valence-corrected chi connectivity index (χ1v) is 10.2. The van der Waals surface area contributed by atoms with E-state index in [0.717, 1.165) is 31.7 Å².